The van der Waals surface area contributed by atoms with Gasteiger partial charge in [-0.3, -0.25) is 4.79 Å². The van der Waals surface area contributed by atoms with E-state index in [-0.39, 0.29) is 6.42 Å². The van der Waals surface area contributed by atoms with Crippen molar-refractivity contribution in [3.8, 4) is 5.75 Å². The van der Waals surface area contributed by atoms with Gasteiger partial charge in [0, 0.05) is 11.3 Å². The fourth-order valence-corrected chi connectivity index (χ4v) is 2.07. The van der Waals surface area contributed by atoms with E-state index < -0.39 is 18.0 Å². The van der Waals surface area contributed by atoms with Gasteiger partial charge in [0.05, 0.1) is 27.8 Å². The van der Waals surface area contributed by atoms with E-state index in [9.17, 15) is 9.59 Å². The number of benzene rings is 1. The van der Waals surface area contributed by atoms with Crippen LogP contribution in [0.25, 0.3) is 0 Å². The van der Waals surface area contributed by atoms with Crippen molar-refractivity contribution in [2.75, 3.05) is 26.6 Å². The van der Waals surface area contributed by atoms with Crippen LogP contribution in [0, 0.1) is 13.8 Å². The lowest BCUT2D eigenvalue weighted by atomic mass is 10.1. The number of esters is 2. The molecule has 0 fully saturated rings. The van der Waals surface area contributed by atoms with E-state index in [2.05, 4.69) is 10.1 Å². The zero-order valence-electron chi connectivity index (χ0n) is 13.0. The minimum absolute atomic E-state index is 0.112. The lowest BCUT2D eigenvalue weighted by Crippen LogP contribution is -2.33. The Kier molecular flexibility index (Phi) is 6.02. The summed E-state index contributed by atoms with van der Waals surface area (Å²) in [5.41, 5.74) is 2.55. The average molecular weight is 295 g/mol. The van der Waals surface area contributed by atoms with Gasteiger partial charge in [-0.2, -0.15) is 0 Å². The number of methoxy groups -OCH3 is 3. The molecule has 0 aromatic heterocycles. The highest BCUT2D eigenvalue weighted by Gasteiger charge is 2.24. The zero-order chi connectivity index (χ0) is 16.0. The van der Waals surface area contributed by atoms with Crippen LogP contribution in [0.2, 0.25) is 0 Å². The molecule has 1 unspecified atom stereocenters. The van der Waals surface area contributed by atoms with Crippen molar-refractivity contribution in [2.24, 2.45) is 0 Å². The Morgan fingerprint density at radius 1 is 1.14 bits per heavy atom. The van der Waals surface area contributed by atoms with Crippen molar-refractivity contribution in [3.05, 3.63) is 23.3 Å². The van der Waals surface area contributed by atoms with Crippen LogP contribution in [0.5, 0.6) is 5.75 Å². The van der Waals surface area contributed by atoms with Crippen molar-refractivity contribution in [3.63, 3.8) is 0 Å². The third-order valence-corrected chi connectivity index (χ3v) is 3.22. The molecule has 6 heteroatoms. The lowest BCUT2D eigenvalue weighted by Gasteiger charge is -2.20. The Balaban J connectivity index is 3.03. The topological polar surface area (TPSA) is 73.9 Å². The summed E-state index contributed by atoms with van der Waals surface area (Å²) in [5, 5.41) is 3.01. The molecule has 0 saturated carbocycles. The Morgan fingerprint density at radius 3 is 2.33 bits per heavy atom. The molecule has 1 N–H and O–H groups in total. The molecular formula is C15H21NO5. The maximum Gasteiger partial charge on any atom is 0.328 e. The van der Waals surface area contributed by atoms with Crippen LogP contribution in [-0.4, -0.2) is 39.3 Å². The molecule has 1 aromatic rings. The molecule has 0 aliphatic heterocycles. The van der Waals surface area contributed by atoms with E-state index in [0.717, 1.165) is 16.9 Å². The van der Waals surface area contributed by atoms with E-state index in [4.69, 9.17) is 9.47 Å². The fraction of sp³-hybridized carbons (Fsp3) is 0.467. The van der Waals surface area contributed by atoms with Gasteiger partial charge in [0.15, 0.2) is 0 Å². The first kappa shape index (κ1) is 16.8. The summed E-state index contributed by atoms with van der Waals surface area (Å²) >= 11 is 0. The molecule has 0 aliphatic carbocycles. The van der Waals surface area contributed by atoms with Crippen molar-refractivity contribution in [2.45, 2.75) is 26.3 Å². The number of rotatable bonds is 6. The van der Waals surface area contributed by atoms with Crippen molar-refractivity contribution >= 4 is 17.6 Å². The summed E-state index contributed by atoms with van der Waals surface area (Å²) in [6.07, 6.45) is -0.112. The van der Waals surface area contributed by atoms with Gasteiger partial charge in [0.25, 0.3) is 0 Å². The second-order valence-corrected chi connectivity index (χ2v) is 4.59. The van der Waals surface area contributed by atoms with Gasteiger partial charge in [0.2, 0.25) is 0 Å². The number of hydrogen-bond donors (Lipinski definition) is 1. The van der Waals surface area contributed by atoms with Gasteiger partial charge in [-0.15, -0.1) is 0 Å². The molecule has 0 saturated heterocycles. The Labute approximate surface area is 124 Å². The van der Waals surface area contributed by atoms with Crippen LogP contribution in [-0.2, 0) is 19.1 Å². The van der Waals surface area contributed by atoms with Gasteiger partial charge < -0.3 is 19.5 Å². The molecular weight excluding hydrogens is 274 g/mol. The quantitative estimate of drug-likeness (QED) is 0.807. The van der Waals surface area contributed by atoms with Gasteiger partial charge >= 0.3 is 11.9 Å². The molecule has 0 aliphatic rings. The number of hydrogen-bond acceptors (Lipinski definition) is 6. The third-order valence-electron chi connectivity index (χ3n) is 3.22. The Morgan fingerprint density at radius 2 is 1.81 bits per heavy atom. The molecule has 0 amide bonds. The number of ether oxygens (including phenoxy) is 3. The smallest absolute Gasteiger partial charge is 0.328 e. The van der Waals surface area contributed by atoms with Gasteiger partial charge in [-0.1, -0.05) is 6.07 Å². The molecule has 0 spiro atoms. The predicted molar refractivity (Wildman–Crippen MR) is 78.5 cm³/mol. The third kappa shape index (κ3) is 4.11. The van der Waals surface area contributed by atoms with Crippen LogP contribution < -0.4 is 10.1 Å². The van der Waals surface area contributed by atoms with Crippen LogP contribution in [0.3, 0.4) is 0 Å². The minimum atomic E-state index is -0.812. The highest BCUT2D eigenvalue weighted by atomic mass is 16.5. The standard InChI is InChI=1S/C15H21NO5/c1-9-6-7-11(10(2)14(9)20-4)16-12(15(18)21-5)8-13(17)19-3/h6-7,12,16H,8H2,1-5H3. The summed E-state index contributed by atoms with van der Waals surface area (Å²) < 4.78 is 14.6. The number of carbonyl (C=O) groups excluding carboxylic acids is 2. The summed E-state index contributed by atoms with van der Waals surface area (Å²) in [6.45, 7) is 3.81. The second kappa shape index (κ2) is 7.52. The molecule has 21 heavy (non-hydrogen) atoms. The predicted octanol–water partition coefficient (Wildman–Crippen LogP) is 1.83. The number of nitrogens with one attached hydrogen (secondary N) is 1. The molecule has 0 radical (unpaired) electrons. The lowest BCUT2D eigenvalue weighted by molar-refractivity contribution is -0.148. The van der Waals surface area contributed by atoms with Gasteiger partial charge in [-0.25, -0.2) is 4.79 Å². The van der Waals surface area contributed by atoms with E-state index in [1.54, 1.807) is 7.11 Å². The Bertz CT molecular complexity index is 527. The highest BCUT2D eigenvalue weighted by Crippen LogP contribution is 2.29. The van der Waals surface area contributed by atoms with Crippen LogP contribution in [0.15, 0.2) is 12.1 Å². The second-order valence-electron chi connectivity index (χ2n) is 4.59. The fourth-order valence-electron chi connectivity index (χ4n) is 2.07. The van der Waals surface area contributed by atoms with Gasteiger partial charge in [-0.05, 0) is 25.5 Å². The molecule has 0 heterocycles. The minimum Gasteiger partial charge on any atom is -0.496 e. The maximum absolute atomic E-state index is 11.8. The first-order valence-corrected chi connectivity index (χ1v) is 6.50. The largest absolute Gasteiger partial charge is 0.496 e. The van der Waals surface area contributed by atoms with Crippen LogP contribution in [0.1, 0.15) is 17.5 Å². The summed E-state index contributed by atoms with van der Waals surface area (Å²) in [7, 11) is 4.14. The van der Waals surface area contributed by atoms with E-state index in [0.29, 0.717) is 5.69 Å². The van der Waals surface area contributed by atoms with Gasteiger partial charge in [0.1, 0.15) is 11.8 Å². The van der Waals surface area contributed by atoms with Crippen LogP contribution in [0.4, 0.5) is 5.69 Å². The zero-order valence-corrected chi connectivity index (χ0v) is 13.0. The Hall–Kier alpha value is -2.24. The summed E-state index contributed by atoms with van der Waals surface area (Å²) in [6, 6.07) is 2.90. The average Bonchev–Trinajstić information content (AvgIpc) is 2.48. The monoisotopic (exact) mass is 295 g/mol. The number of anilines is 1. The molecule has 1 atom stereocenters. The number of carbonyl (C=O) groups is 2. The SMILES string of the molecule is COC(=O)CC(Nc1ccc(C)c(OC)c1C)C(=O)OC. The van der Waals surface area contributed by atoms with Crippen LogP contribution >= 0.6 is 0 Å². The van der Waals surface area contributed by atoms with E-state index in [1.807, 2.05) is 26.0 Å². The molecule has 6 nitrogen and oxygen atoms in total. The molecule has 1 rings (SSSR count). The first-order chi connectivity index (χ1) is 9.94. The number of aryl methyl sites for hydroxylation is 1. The van der Waals surface area contributed by atoms with E-state index in [1.165, 1.54) is 14.2 Å². The van der Waals surface area contributed by atoms with Crippen molar-refractivity contribution in [1.29, 1.82) is 0 Å². The summed E-state index contributed by atoms with van der Waals surface area (Å²) in [5.74, 6) is -0.282. The van der Waals surface area contributed by atoms with Crippen molar-refractivity contribution < 1.29 is 23.8 Å². The molecule has 0 bridgehead atoms. The highest BCUT2D eigenvalue weighted by molar-refractivity contribution is 5.85. The maximum atomic E-state index is 11.8. The van der Waals surface area contributed by atoms with Crippen molar-refractivity contribution in [1.82, 2.24) is 0 Å². The van der Waals surface area contributed by atoms with E-state index >= 15 is 0 Å². The summed E-state index contributed by atoms with van der Waals surface area (Å²) in [4.78, 5) is 23.2. The first-order valence-electron chi connectivity index (χ1n) is 6.50. The molecule has 1 aromatic carbocycles. The molecule has 116 valence electrons. The normalized spacial score (nSPS) is 11.5.